The fourth-order valence-corrected chi connectivity index (χ4v) is 2.55. The monoisotopic (exact) mass is 430 g/mol. The van der Waals surface area contributed by atoms with Crippen LogP contribution in [-0.2, 0) is 15.8 Å². The van der Waals surface area contributed by atoms with Gasteiger partial charge < -0.3 is 20.1 Å². The zero-order valence-electron chi connectivity index (χ0n) is 15.5. The first kappa shape index (κ1) is 22.4. The standard InChI is InChI=1S/C19H18ClF3N2O4/c1-3-28-15-8-6-12(10-16(15)29-4-2)25-18(27)17(26)24-11-5-7-14(20)13(9-11)19(21,22)23/h5-10H,3-4H2,1-2H3,(H,24,26)(H,25,27). The van der Waals surface area contributed by atoms with E-state index in [2.05, 4.69) is 10.6 Å². The summed E-state index contributed by atoms with van der Waals surface area (Å²) in [5.41, 5.74) is -1.09. The second-order valence-electron chi connectivity index (χ2n) is 5.63. The summed E-state index contributed by atoms with van der Waals surface area (Å²) in [5.74, 6) is -1.37. The van der Waals surface area contributed by atoms with E-state index in [9.17, 15) is 22.8 Å². The Labute approximate surface area is 169 Å². The molecule has 0 bridgehead atoms. The largest absolute Gasteiger partial charge is 0.490 e. The van der Waals surface area contributed by atoms with Crippen LogP contribution in [0.1, 0.15) is 19.4 Å². The molecule has 0 aliphatic rings. The van der Waals surface area contributed by atoms with E-state index < -0.39 is 28.6 Å². The Hall–Kier alpha value is -2.94. The van der Waals surface area contributed by atoms with Gasteiger partial charge in [-0.3, -0.25) is 9.59 Å². The minimum Gasteiger partial charge on any atom is -0.490 e. The van der Waals surface area contributed by atoms with Gasteiger partial charge in [-0.2, -0.15) is 13.2 Å². The fraction of sp³-hybridized carbons (Fsp3) is 0.263. The summed E-state index contributed by atoms with van der Waals surface area (Å²) in [6.45, 7) is 4.34. The smallest absolute Gasteiger partial charge is 0.417 e. The number of carbonyl (C=O) groups is 2. The highest BCUT2D eigenvalue weighted by Crippen LogP contribution is 2.36. The van der Waals surface area contributed by atoms with Crippen LogP contribution in [-0.4, -0.2) is 25.0 Å². The highest BCUT2D eigenvalue weighted by atomic mass is 35.5. The zero-order valence-corrected chi connectivity index (χ0v) is 16.3. The minimum absolute atomic E-state index is 0.219. The molecule has 29 heavy (non-hydrogen) atoms. The number of carbonyl (C=O) groups excluding carboxylic acids is 2. The van der Waals surface area contributed by atoms with E-state index in [1.165, 1.54) is 12.1 Å². The van der Waals surface area contributed by atoms with Gasteiger partial charge in [0.2, 0.25) is 0 Å². The fourth-order valence-electron chi connectivity index (χ4n) is 2.32. The lowest BCUT2D eigenvalue weighted by molar-refractivity contribution is -0.137. The van der Waals surface area contributed by atoms with E-state index in [0.717, 1.165) is 12.1 Å². The van der Waals surface area contributed by atoms with Gasteiger partial charge in [-0.25, -0.2) is 0 Å². The molecule has 2 rings (SSSR count). The molecule has 10 heteroatoms. The van der Waals surface area contributed by atoms with E-state index in [1.807, 2.05) is 0 Å². The third-order valence-corrected chi connectivity index (χ3v) is 3.87. The van der Waals surface area contributed by atoms with Crippen LogP contribution in [0.3, 0.4) is 0 Å². The molecular weight excluding hydrogens is 413 g/mol. The van der Waals surface area contributed by atoms with Gasteiger partial charge in [0.1, 0.15) is 0 Å². The first-order chi connectivity index (χ1) is 13.7. The average molecular weight is 431 g/mol. The maximum absolute atomic E-state index is 12.9. The number of amides is 2. The maximum atomic E-state index is 12.9. The topological polar surface area (TPSA) is 76.7 Å². The molecule has 2 amide bonds. The molecule has 0 radical (unpaired) electrons. The Kier molecular flexibility index (Phi) is 7.33. The number of nitrogens with one attached hydrogen (secondary N) is 2. The van der Waals surface area contributed by atoms with Crippen LogP contribution in [0, 0.1) is 0 Å². The highest BCUT2D eigenvalue weighted by molar-refractivity contribution is 6.43. The molecule has 0 fully saturated rings. The SMILES string of the molecule is CCOc1ccc(NC(=O)C(=O)Nc2ccc(Cl)c(C(F)(F)F)c2)cc1OCC. The van der Waals surface area contributed by atoms with E-state index in [-0.39, 0.29) is 11.4 Å². The quantitative estimate of drug-likeness (QED) is 0.649. The molecule has 2 aromatic carbocycles. The molecule has 0 unspecified atom stereocenters. The lowest BCUT2D eigenvalue weighted by atomic mass is 10.2. The Bertz CT molecular complexity index is 904. The van der Waals surface area contributed by atoms with E-state index >= 15 is 0 Å². The summed E-state index contributed by atoms with van der Waals surface area (Å²) in [5, 5.41) is 3.94. The van der Waals surface area contributed by atoms with Crippen LogP contribution in [0.2, 0.25) is 5.02 Å². The number of anilines is 2. The molecule has 0 atom stereocenters. The van der Waals surface area contributed by atoms with E-state index in [0.29, 0.717) is 30.8 Å². The maximum Gasteiger partial charge on any atom is 0.417 e. The van der Waals surface area contributed by atoms with Crippen molar-refractivity contribution in [2.45, 2.75) is 20.0 Å². The molecular formula is C19H18ClF3N2O4. The molecule has 2 aromatic rings. The van der Waals surface area contributed by atoms with Crippen molar-refractivity contribution in [2.24, 2.45) is 0 Å². The number of alkyl halides is 3. The van der Waals surface area contributed by atoms with E-state index in [4.69, 9.17) is 21.1 Å². The van der Waals surface area contributed by atoms with Crippen LogP contribution in [0.25, 0.3) is 0 Å². The molecule has 0 aromatic heterocycles. The predicted molar refractivity (Wildman–Crippen MR) is 102 cm³/mol. The number of hydrogen-bond donors (Lipinski definition) is 2. The van der Waals surface area contributed by atoms with Gasteiger partial charge in [-0.05, 0) is 44.2 Å². The molecule has 6 nitrogen and oxygen atoms in total. The van der Waals surface area contributed by atoms with Crippen LogP contribution >= 0.6 is 11.6 Å². The van der Waals surface area contributed by atoms with Crippen LogP contribution in [0.15, 0.2) is 36.4 Å². The first-order valence-corrected chi connectivity index (χ1v) is 8.92. The normalized spacial score (nSPS) is 11.0. The first-order valence-electron chi connectivity index (χ1n) is 8.54. The van der Waals surface area contributed by atoms with Crippen molar-refractivity contribution in [1.29, 1.82) is 0 Å². The number of halogens is 4. The second kappa shape index (κ2) is 9.51. The average Bonchev–Trinajstić information content (AvgIpc) is 2.64. The summed E-state index contributed by atoms with van der Waals surface area (Å²) in [6.07, 6.45) is -4.70. The molecule has 156 valence electrons. The number of rotatable bonds is 6. The van der Waals surface area contributed by atoms with Crippen molar-refractivity contribution < 1.29 is 32.2 Å². The van der Waals surface area contributed by atoms with Gasteiger partial charge >= 0.3 is 18.0 Å². The molecule has 0 saturated heterocycles. The zero-order chi connectivity index (χ0) is 21.6. The molecule has 0 aliphatic heterocycles. The lowest BCUT2D eigenvalue weighted by Gasteiger charge is -2.13. The van der Waals surface area contributed by atoms with Crippen molar-refractivity contribution >= 4 is 34.8 Å². The van der Waals surface area contributed by atoms with Gasteiger partial charge in [-0.1, -0.05) is 11.6 Å². The van der Waals surface area contributed by atoms with Crippen LogP contribution in [0.4, 0.5) is 24.5 Å². The lowest BCUT2D eigenvalue weighted by Crippen LogP contribution is -2.29. The summed E-state index contributed by atoms with van der Waals surface area (Å²) in [7, 11) is 0. The number of hydrogen-bond acceptors (Lipinski definition) is 4. The number of ether oxygens (including phenoxy) is 2. The Balaban J connectivity index is 2.12. The van der Waals surface area contributed by atoms with Gasteiger partial charge in [0.15, 0.2) is 11.5 Å². The predicted octanol–water partition coefficient (Wildman–Crippen LogP) is 4.73. The van der Waals surface area contributed by atoms with Gasteiger partial charge in [-0.15, -0.1) is 0 Å². The molecule has 2 N–H and O–H groups in total. The summed E-state index contributed by atoms with van der Waals surface area (Å²) < 4.78 is 49.5. The Morgan fingerprint density at radius 3 is 1.97 bits per heavy atom. The highest BCUT2D eigenvalue weighted by Gasteiger charge is 2.33. The Morgan fingerprint density at radius 2 is 1.41 bits per heavy atom. The Morgan fingerprint density at radius 1 is 0.897 bits per heavy atom. The summed E-state index contributed by atoms with van der Waals surface area (Å²) in [4.78, 5) is 24.2. The van der Waals surface area contributed by atoms with Gasteiger partial charge in [0, 0.05) is 17.4 Å². The van der Waals surface area contributed by atoms with Crippen molar-refractivity contribution in [3.05, 3.63) is 47.0 Å². The summed E-state index contributed by atoms with van der Waals surface area (Å²) in [6, 6.07) is 7.34. The number of benzene rings is 2. The van der Waals surface area contributed by atoms with Gasteiger partial charge in [0.05, 0.1) is 23.8 Å². The third kappa shape index (κ3) is 6.02. The molecule has 0 spiro atoms. The van der Waals surface area contributed by atoms with Crippen LogP contribution < -0.4 is 20.1 Å². The third-order valence-electron chi connectivity index (χ3n) is 3.54. The van der Waals surface area contributed by atoms with Crippen LogP contribution in [0.5, 0.6) is 11.5 Å². The minimum atomic E-state index is -4.70. The van der Waals surface area contributed by atoms with Crippen molar-refractivity contribution in [3.63, 3.8) is 0 Å². The second-order valence-corrected chi connectivity index (χ2v) is 6.04. The molecule has 0 aliphatic carbocycles. The van der Waals surface area contributed by atoms with Gasteiger partial charge in [0.25, 0.3) is 0 Å². The van der Waals surface area contributed by atoms with Crippen molar-refractivity contribution in [2.75, 3.05) is 23.8 Å². The molecule has 0 saturated carbocycles. The van der Waals surface area contributed by atoms with Crippen molar-refractivity contribution in [1.82, 2.24) is 0 Å². The summed E-state index contributed by atoms with van der Waals surface area (Å²) >= 11 is 5.53. The molecule has 0 heterocycles. The van der Waals surface area contributed by atoms with E-state index in [1.54, 1.807) is 19.9 Å². The van der Waals surface area contributed by atoms with Crippen molar-refractivity contribution in [3.8, 4) is 11.5 Å².